The van der Waals surface area contributed by atoms with E-state index in [4.69, 9.17) is 9.47 Å². The lowest BCUT2D eigenvalue weighted by atomic mass is 10.1. The molecule has 1 aromatic rings. The zero-order chi connectivity index (χ0) is 28.9. The topological polar surface area (TPSA) is 115 Å². The first-order chi connectivity index (χ1) is 17.6. The summed E-state index contributed by atoms with van der Waals surface area (Å²) < 4.78 is 11.6. The van der Waals surface area contributed by atoms with Gasteiger partial charge in [0.1, 0.15) is 11.7 Å². The Morgan fingerprint density at radius 1 is 1.26 bits per heavy atom. The van der Waals surface area contributed by atoms with E-state index in [1.165, 1.54) is 18.3 Å². The highest BCUT2D eigenvalue weighted by Crippen LogP contribution is 2.18. The number of Topliss-reactive ketones (excluding diaryl/α,β-unsaturated/α-hetero) is 1. The van der Waals surface area contributed by atoms with Gasteiger partial charge in [0.25, 0.3) is 0 Å². The third-order valence-corrected chi connectivity index (χ3v) is 6.05. The van der Waals surface area contributed by atoms with Gasteiger partial charge in [-0.15, -0.1) is 11.3 Å². The van der Waals surface area contributed by atoms with Gasteiger partial charge in [-0.25, -0.2) is 14.6 Å². The number of aliphatic hydroxyl groups is 1. The van der Waals surface area contributed by atoms with Crippen LogP contribution in [0.25, 0.3) is 0 Å². The molecule has 2 N–H and O–H groups in total. The van der Waals surface area contributed by atoms with Crippen molar-refractivity contribution >= 4 is 45.1 Å². The lowest BCUT2D eigenvalue weighted by Gasteiger charge is -2.22. The number of rotatable bonds is 12. The number of carbonyl (C=O) groups is 3. The Bertz CT molecular complexity index is 1070. The van der Waals surface area contributed by atoms with Crippen LogP contribution in [0, 0.1) is 11.8 Å². The summed E-state index contributed by atoms with van der Waals surface area (Å²) >= 11 is 4.86. The largest absolute Gasteiger partial charge is 0.448 e. The summed E-state index contributed by atoms with van der Waals surface area (Å²) in [6.45, 7) is 12.1. The fourth-order valence-electron chi connectivity index (χ4n) is 3.34. The number of thiazole rings is 1. The van der Waals surface area contributed by atoms with E-state index in [0.29, 0.717) is 32.1 Å². The number of hydrogen-bond donors (Lipinski definition) is 2. The number of hydrogen-bond acceptors (Lipinski definition) is 8. The van der Waals surface area contributed by atoms with E-state index in [2.05, 4.69) is 38.1 Å². The summed E-state index contributed by atoms with van der Waals surface area (Å²) in [5, 5.41) is 14.8. The van der Waals surface area contributed by atoms with Gasteiger partial charge in [-0.1, -0.05) is 27.4 Å². The molecule has 0 aliphatic heterocycles. The van der Waals surface area contributed by atoms with Crippen LogP contribution >= 0.6 is 27.3 Å². The van der Waals surface area contributed by atoms with Crippen molar-refractivity contribution in [3.8, 4) is 11.8 Å². The summed E-state index contributed by atoms with van der Waals surface area (Å²) in [5.74, 6) is 4.36. The second-order valence-electron chi connectivity index (χ2n) is 10.1. The Labute approximate surface area is 238 Å². The molecule has 0 aliphatic carbocycles. The lowest BCUT2D eigenvalue weighted by Crippen LogP contribution is -2.42. The minimum atomic E-state index is -0.648. The Morgan fingerprint density at radius 2 is 1.95 bits per heavy atom. The number of allylic oxidation sites excluding steroid dienone is 2. The molecule has 0 unspecified atom stereocenters. The normalized spacial score (nSPS) is 14.6. The zero-order valence-corrected chi connectivity index (χ0v) is 25.6. The molecule has 0 aromatic carbocycles. The summed E-state index contributed by atoms with van der Waals surface area (Å²) in [7, 11) is 0. The van der Waals surface area contributed by atoms with E-state index < -0.39 is 35.9 Å². The van der Waals surface area contributed by atoms with Crippen LogP contribution in [-0.4, -0.2) is 51.8 Å². The molecule has 3 atom stereocenters. The lowest BCUT2D eigenvalue weighted by molar-refractivity contribution is -0.139. The van der Waals surface area contributed by atoms with Gasteiger partial charge in [-0.2, -0.15) is 0 Å². The van der Waals surface area contributed by atoms with Gasteiger partial charge in [0, 0.05) is 17.7 Å². The van der Waals surface area contributed by atoms with Crippen LogP contribution in [-0.2, 0) is 31.9 Å². The van der Waals surface area contributed by atoms with Crippen molar-refractivity contribution in [2.75, 3.05) is 0 Å². The fourth-order valence-corrected chi connectivity index (χ4v) is 4.51. The number of nitrogens with zero attached hydrogens (tertiary/aromatic N) is 1. The molecule has 0 saturated carbocycles. The van der Waals surface area contributed by atoms with E-state index in [1.807, 2.05) is 19.2 Å². The molecule has 1 rings (SSSR count). The predicted molar refractivity (Wildman–Crippen MR) is 153 cm³/mol. The van der Waals surface area contributed by atoms with Gasteiger partial charge in [-0.3, -0.25) is 4.79 Å². The molecule has 0 aliphatic rings. The molecule has 0 fully saturated rings. The summed E-state index contributed by atoms with van der Waals surface area (Å²) in [4.78, 5) is 40.9. The predicted octanol–water partition coefficient (Wildman–Crippen LogP) is 5.42. The van der Waals surface area contributed by atoms with Crippen molar-refractivity contribution < 1.29 is 29.0 Å². The SMILES string of the molecule is CC(=O)[C@H](CCCc1csc(C[C@@H](/C=C(\C)Br)OC(=O)C#C/C=C(\C)C[C@H](C)O)n1)NC(=O)OC(C)(C)C. The van der Waals surface area contributed by atoms with Gasteiger partial charge in [-0.05, 0) is 90.8 Å². The fraction of sp³-hybridized carbons (Fsp3) is 0.571. The highest BCUT2D eigenvalue weighted by molar-refractivity contribution is 9.11. The van der Waals surface area contributed by atoms with Crippen molar-refractivity contribution in [3.05, 3.63) is 38.3 Å². The van der Waals surface area contributed by atoms with Crippen LogP contribution in [0.1, 0.15) is 78.4 Å². The van der Waals surface area contributed by atoms with Crippen LogP contribution in [0.15, 0.2) is 27.6 Å². The number of halogens is 1. The van der Waals surface area contributed by atoms with E-state index in [9.17, 15) is 19.5 Å². The summed E-state index contributed by atoms with van der Waals surface area (Å²) in [5.41, 5.74) is 1.10. The van der Waals surface area contributed by atoms with Crippen LogP contribution in [0.5, 0.6) is 0 Å². The van der Waals surface area contributed by atoms with E-state index >= 15 is 0 Å². The number of aliphatic hydroxyl groups excluding tert-OH is 1. The average molecular weight is 612 g/mol. The molecule has 0 saturated heterocycles. The average Bonchev–Trinajstić information content (AvgIpc) is 3.17. The highest BCUT2D eigenvalue weighted by atomic mass is 79.9. The zero-order valence-electron chi connectivity index (χ0n) is 23.2. The van der Waals surface area contributed by atoms with Gasteiger partial charge in [0.05, 0.1) is 22.8 Å². The van der Waals surface area contributed by atoms with Crippen molar-refractivity contribution in [1.29, 1.82) is 0 Å². The first-order valence-electron chi connectivity index (χ1n) is 12.5. The number of alkyl carbamates (subject to hydrolysis) is 1. The molecule has 8 nitrogen and oxygen atoms in total. The second kappa shape index (κ2) is 16.5. The van der Waals surface area contributed by atoms with Crippen molar-refractivity contribution in [2.45, 2.75) is 104 Å². The van der Waals surface area contributed by atoms with Crippen LogP contribution in [0.2, 0.25) is 0 Å². The molecular weight excluding hydrogens is 572 g/mol. The second-order valence-corrected chi connectivity index (χ2v) is 12.3. The number of ketones is 1. The maximum absolute atomic E-state index is 12.2. The molecule has 38 heavy (non-hydrogen) atoms. The van der Waals surface area contributed by atoms with Gasteiger partial charge in [0.2, 0.25) is 0 Å². The Morgan fingerprint density at radius 3 is 2.53 bits per heavy atom. The number of nitrogens with one attached hydrogen (secondary N) is 1. The quantitative estimate of drug-likeness (QED) is 0.184. The number of amides is 1. The van der Waals surface area contributed by atoms with Gasteiger partial charge in [0.15, 0.2) is 5.78 Å². The molecule has 1 aromatic heterocycles. The van der Waals surface area contributed by atoms with Crippen LogP contribution in [0.3, 0.4) is 0 Å². The summed E-state index contributed by atoms with van der Waals surface area (Å²) in [6, 6.07) is -0.620. The van der Waals surface area contributed by atoms with Crippen molar-refractivity contribution in [3.63, 3.8) is 0 Å². The number of ether oxygens (including phenoxy) is 2. The van der Waals surface area contributed by atoms with Crippen molar-refractivity contribution in [2.24, 2.45) is 0 Å². The Hall–Kier alpha value is -2.48. The standard InChI is InChI=1S/C28H39BrN2O6S/c1-18(14-20(3)32)10-8-13-26(34)36-23(15-19(2)29)16-25-30-22(17-38-25)11-9-12-24(21(4)33)31-27(35)37-28(5,6)7/h10,15,17,20,23-24,32H,9,11-12,14,16H2,1-7H3,(H,31,35)/b18-10+,19-15+/t20-,23+,24-/m0/s1. The van der Waals surface area contributed by atoms with Crippen molar-refractivity contribution in [1.82, 2.24) is 10.3 Å². The molecule has 0 bridgehead atoms. The number of carbonyl (C=O) groups excluding carboxylic acids is 3. The molecule has 1 heterocycles. The third-order valence-electron chi connectivity index (χ3n) is 4.87. The molecule has 0 radical (unpaired) electrons. The molecule has 0 spiro atoms. The first kappa shape index (κ1) is 33.5. The molecule has 210 valence electrons. The minimum Gasteiger partial charge on any atom is -0.448 e. The summed E-state index contributed by atoms with van der Waals surface area (Å²) in [6.07, 6.45) is 4.40. The highest BCUT2D eigenvalue weighted by Gasteiger charge is 2.22. The van der Waals surface area contributed by atoms with E-state index in [0.717, 1.165) is 20.8 Å². The molecule has 1 amide bonds. The minimum absolute atomic E-state index is 0.131. The Kier molecular flexibility index (Phi) is 14.5. The van der Waals surface area contributed by atoms with E-state index in [-0.39, 0.29) is 5.78 Å². The number of esters is 1. The van der Waals surface area contributed by atoms with Gasteiger partial charge >= 0.3 is 12.1 Å². The Balaban J connectivity index is 2.70. The number of aromatic nitrogens is 1. The maximum Gasteiger partial charge on any atom is 0.408 e. The van der Waals surface area contributed by atoms with E-state index in [1.54, 1.807) is 39.8 Å². The maximum atomic E-state index is 12.2. The molecule has 10 heteroatoms. The molecular formula is C28H39BrN2O6S. The third kappa shape index (κ3) is 15.7. The number of aryl methyl sites for hydroxylation is 1. The monoisotopic (exact) mass is 610 g/mol. The van der Waals surface area contributed by atoms with Gasteiger partial charge < -0.3 is 19.9 Å². The van der Waals surface area contributed by atoms with Crippen LogP contribution < -0.4 is 5.32 Å². The smallest absolute Gasteiger partial charge is 0.408 e. The first-order valence-corrected chi connectivity index (χ1v) is 14.1. The van der Waals surface area contributed by atoms with Crippen LogP contribution in [0.4, 0.5) is 4.79 Å².